The molecule has 0 bridgehead atoms. The molecule has 0 saturated carbocycles. The molecule has 1 spiro atoms. The van der Waals surface area contributed by atoms with Crippen LogP contribution in [0, 0.1) is 0 Å². The Morgan fingerprint density at radius 3 is 2.28 bits per heavy atom. The Bertz CT molecular complexity index is 316. The Kier molecular flexibility index (Phi) is 4.74. The summed E-state index contributed by atoms with van der Waals surface area (Å²) in [7, 11) is -2.67. The summed E-state index contributed by atoms with van der Waals surface area (Å²) in [6, 6.07) is 0. The third-order valence-electron chi connectivity index (χ3n) is 4.45. The molecule has 1 atom stereocenters. The van der Waals surface area contributed by atoms with Gasteiger partial charge in [-0.25, -0.2) is 9.76 Å². The van der Waals surface area contributed by atoms with Crippen molar-refractivity contribution in [2.75, 3.05) is 52.4 Å². The Labute approximate surface area is 115 Å². The monoisotopic (exact) mass is 295 g/mol. The topological polar surface area (TPSA) is 41.6 Å². The molecular formula is C11H23ClN3O2P. The van der Waals surface area contributed by atoms with Crippen LogP contribution in [-0.4, -0.2) is 61.6 Å². The maximum Gasteiger partial charge on any atom is 0.343 e. The molecule has 3 rings (SSSR count). The van der Waals surface area contributed by atoms with E-state index in [-0.39, 0.29) is 12.4 Å². The largest absolute Gasteiger partial charge is 1.00 e. The average molecular weight is 296 g/mol. The van der Waals surface area contributed by atoms with Crippen molar-refractivity contribution >= 4 is 7.67 Å². The summed E-state index contributed by atoms with van der Waals surface area (Å²) in [6.07, 6.45) is 3.71. The van der Waals surface area contributed by atoms with Gasteiger partial charge in [-0.15, -0.1) is 0 Å². The first-order chi connectivity index (χ1) is 8.23. The molecule has 1 N–H and O–H groups in total. The van der Waals surface area contributed by atoms with Gasteiger partial charge in [0.2, 0.25) is 0 Å². The number of piperazine rings is 1. The van der Waals surface area contributed by atoms with Gasteiger partial charge >= 0.3 is 7.67 Å². The third-order valence-corrected chi connectivity index (χ3v) is 6.75. The van der Waals surface area contributed by atoms with Gasteiger partial charge in [-0.3, -0.25) is 4.57 Å². The van der Waals surface area contributed by atoms with E-state index < -0.39 is 7.67 Å². The second-order valence-corrected chi connectivity index (χ2v) is 7.69. The standard InChI is InChI=1S/C11H23N3O2P.ClH/c15-17(12-4-3-11-16-17)13-5-9-14(10-6-13)7-1-2-8-14;/h1-11H2,(H,12,15);1H/q+1;/p-1. The van der Waals surface area contributed by atoms with Crippen molar-refractivity contribution < 1.29 is 26.0 Å². The molecule has 0 radical (unpaired) electrons. The fraction of sp³-hybridized carbons (Fsp3) is 1.00. The molecule has 5 nitrogen and oxygen atoms in total. The molecule has 18 heavy (non-hydrogen) atoms. The van der Waals surface area contributed by atoms with Gasteiger partial charge < -0.3 is 21.4 Å². The summed E-state index contributed by atoms with van der Waals surface area (Å²) in [4.78, 5) is 0. The van der Waals surface area contributed by atoms with Crippen molar-refractivity contribution in [1.29, 1.82) is 0 Å². The van der Waals surface area contributed by atoms with E-state index in [1.54, 1.807) is 0 Å². The van der Waals surface area contributed by atoms with Crippen LogP contribution in [0.4, 0.5) is 0 Å². The number of halogens is 1. The number of nitrogens with one attached hydrogen (secondary N) is 1. The fourth-order valence-corrected chi connectivity index (χ4v) is 5.28. The van der Waals surface area contributed by atoms with Crippen molar-refractivity contribution in [2.45, 2.75) is 19.3 Å². The van der Waals surface area contributed by atoms with E-state index in [2.05, 4.69) is 9.76 Å². The second kappa shape index (κ2) is 5.78. The summed E-state index contributed by atoms with van der Waals surface area (Å²) in [5, 5.41) is 3.10. The number of hydrogen-bond acceptors (Lipinski definition) is 2. The van der Waals surface area contributed by atoms with Crippen LogP contribution < -0.4 is 17.5 Å². The number of nitrogens with zero attached hydrogens (tertiary/aromatic N) is 2. The lowest BCUT2D eigenvalue weighted by molar-refractivity contribution is -0.920. The van der Waals surface area contributed by atoms with Crippen molar-refractivity contribution in [3.63, 3.8) is 0 Å². The first kappa shape index (κ1) is 14.8. The van der Waals surface area contributed by atoms with Crippen molar-refractivity contribution in [3.8, 4) is 0 Å². The molecule has 3 aliphatic heterocycles. The zero-order valence-corrected chi connectivity index (χ0v) is 12.5. The van der Waals surface area contributed by atoms with Crippen LogP contribution >= 0.6 is 7.67 Å². The normalized spacial score (nSPS) is 36.4. The highest BCUT2D eigenvalue weighted by Gasteiger charge is 2.42. The van der Waals surface area contributed by atoms with Gasteiger partial charge in [-0.1, -0.05) is 0 Å². The second-order valence-electron chi connectivity index (χ2n) is 5.51. The van der Waals surface area contributed by atoms with E-state index in [4.69, 9.17) is 4.52 Å². The van der Waals surface area contributed by atoms with Gasteiger partial charge in [0.1, 0.15) is 0 Å². The lowest BCUT2D eigenvalue weighted by atomic mass is 10.3. The van der Waals surface area contributed by atoms with E-state index in [1.165, 1.54) is 30.4 Å². The molecule has 7 heteroatoms. The zero-order chi connectivity index (χ0) is 11.8. The minimum Gasteiger partial charge on any atom is -1.00 e. The molecule has 3 saturated heterocycles. The first-order valence-corrected chi connectivity index (χ1v) is 8.41. The Balaban J connectivity index is 0.00000120. The predicted molar refractivity (Wildman–Crippen MR) is 66.7 cm³/mol. The SMILES string of the molecule is O=P1(N2CC[N+]3(CCCC3)CC2)NCCCO1.[Cl-]. The van der Waals surface area contributed by atoms with Gasteiger partial charge in [0, 0.05) is 19.4 Å². The molecule has 0 aromatic heterocycles. The maximum absolute atomic E-state index is 12.6. The smallest absolute Gasteiger partial charge is 0.343 e. The van der Waals surface area contributed by atoms with Crippen LogP contribution in [-0.2, 0) is 9.09 Å². The lowest BCUT2D eigenvalue weighted by Crippen LogP contribution is -3.00. The lowest BCUT2D eigenvalue weighted by Gasteiger charge is -2.44. The van der Waals surface area contributed by atoms with E-state index in [0.29, 0.717) is 6.61 Å². The van der Waals surface area contributed by atoms with Gasteiger partial charge in [-0.2, -0.15) is 0 Å². The summed E-state index contributed by atoms with van der Waals surface area (Å²) < 4.78 is 21.4. The molecule has 3 aliphatic rings. The van der Waals surface area contributed by atoms with Crippen LogP contribution in [0.25, 0.3) is 0 Å². The molecule has 0 aromatic carbocycles. The van der Waals surface area contributed by atoms with Crippen LogP contribution in [0.1, 0.15) is 19.3 Å². The van der Waals surface area contributed by atoms with Crippen LogP contribution in [0.2, 0.25) is 0 Å². The quantitative estimate of drug-likeness (QED) is 0.450. The molecule has 1 unspecified atom stereocenters. The van der Waals surface area contributed by atoms with E-state index in [1.807, 2.05) is 0 Å². The zero-order valence-electron chi connectivity index (χ0n) is 10.8. The average Bonchev–Trinajstić information content (AvgIpc) is 2.79. The number of quaternary nitrogens is 1. The van der Waals surface area contributed by atoms with E-state index >= 15 is 0 Å². The van der Waals surface area contributed by atoms with Crippen LogP contribution in [0.15, 0.2) is 0 Å². The highest BCUT2D eigenvalue weighted by Crippen LogP contribution is 2.49. The molecule has 0 amide bonds. The third kappa shape index (κ3) is 2.77. The maximum atomic E-state index is 12.6. The summed E-state index contributed by atoms with van der Waals surface area (Å²) >= 11 is 0. The Morgan fingerprint density at radius 2 is 1.72 bits per heavy atom. The predicted octanol–water partition coefficient (Wildman–Crippen LogP) is -1.97. The van der Waals surface area contributed by atoms with Crippen LogP contribution in [0.5, 0.6) is 0 Å². The minimum absolute atomic E-state index is 0. The number of hydrogen-bond donors (Lipinski definition) is 1. The van der Waals surface area contributed by atoms with Crippen LogP contribution in [0.3, 0.4) is 0 Å². The highest BCUT2D eigenvalue weighted by molar-refractivity contribution is 7.54. The molecule has 3 heterocycles. The fourth-order valence-electron chi connectivity index (χ4n) is 3.30. The minimum atomic E-state index is -2.67. The molecule has 106 valence electrons. The van der Waals surface area contributed by atoms with Crippen molar-refractivity contribution in [2.24, 2.45) is 0 Å². The van der Waals surface area contributed by atoms with Gasteiger partial charge in [-0.05, 0) is 6.42 Å². The first-order valence-electron chi connectivity index (χ1n) is 6.83. The van der Waals surface area contributed by atoms with Crippen molar-refractivity contribution in [3.05, 3.63) is 0 Å². The summed E-state index contributed by atoms with van der Waals surface area (Å²) in [6.45, 7) is 8.26. The Morgan fingerprint density at radius 1 is 1.06 bits per heavy atom. The van der Waals surface area contributed by atoms with E-state index in [0.717, 1.165) is 39.1 Å². The molecule has 0 aromatic rings. The van der Waals surface area contributed by atoms with Crippen molar-refractivity contribution in [1.82, 2.24) is 9.76 Å². The highest BCUT2D eigenvalue weighted by atomic mass is 35.5. The van der Waals surface area contributed by atoms with Gasteiger partial charge in [0.15, 0.2) is 0 Å². The molecular weight excluding hydrogens is 273 g/mol. The summed E-state index contributed by atoms with van der Waals surface area (Å²) in [5.41, 5.74) is 0. The van der Waals surface area contributed by atoms with Gasteiger partial charge in [0.25, 0.3) is 0 Å². The molecule has 3 fully saturated rings. The number of rotatable bonds is 1. The summed E-state index contributed by atoms with van der Waals surface area (Å²) in [5.74, 6) is 0. The Hall–Kier alpha value is 0.360. The van der Waals surface area contributed by atoms with E-state index in [9.17, 15) is 4.57 Å². The van der Waals surface area contributed by atoms with Gasteiger partial charge in [0.05, 0.1) is 45.9 Å². The molecule has 0 aliphatic carbocycles.